The van der Waals surface area contributed by atoms with E-state index in [2.05, 4.69) is 35.0 Å². The standard InChI is InChI=1S/C13H19N3O4/c1-4-7-18-11-14-12(19-8-5-2)16-13(10-17,15-11)20-9-6-3/h4-6,17H,1-3,7-10H2,(H,14,15,16). The number of amidine groups is 2. The van der Waals surface area contributed by atoms with Gasteiger partial charge in [-0.1, -0.05) is 31.4 Å². The summed E-state index contributed by atoms with van der Waals surface area (Å²) in [4.78, 5) is 8.09. The van der Waals surface area contributed by atoms with Crippen molar-refractivity contribution < 1.29 is 19.3 Å². The van der Waals surface area contributed by atoms with Gasteiger partial charge >= 0.3 is 6.02 Å². The van der Waals surface area contributed by atoms with Gasteiger partial charge in [-0.3, -0.25) is 5.32 Å². The molecule has 20 heavy (non-hydrogen) atoms. The van der Waals surface area contributed by atoms with Gasteiger partial charge in [0.1, 0.15) is 19.8 Å². The average molecular weight is 281 g/mol. The van der Waals surface area contributed by atoms with Crippen LogP contribution in [0.1, 0.15) is 0 Å². The topological polar surface area (TPSA) is 84.7 Å². The lowest BCUT2D eigenvalue weighted by Crippen LogP contribution is -2.55. The third-order valence-electron chi connectivity index (χ3n) is 2.10. The molecule has 0 radical (unpaired) electrons. The fourth-order valence-electron chi connectivity index (χ4n) is 1.28. The third-order valence-corrected chi connectivity index (χ3v) is 2.10. The van der Waals surface area contributed by atoms with Crippen LogP contribution in [0.2, 0.25) is 0 Å². The van der Waals surface area contributed by atoms with E-state index in [1.807, 2.05) is 0 Å². The van der Waals surface area contributed by atoms with Crippen LogP contribution in [0.4, 0.5) is 0 Å². The number of aliphatic hydroxyl groups is 1. The molecule has 0 aromatic rings. The maximum Gasteiger partial charge on any atom is 0.321 e. The highest BCUT2D eigenvalue weighted by molar-refractivity contribution is 5.91. The average Bonchev–Trinajstić information content (AvgIpc) is 2.48. The lowest BCUT2D eigenvalue weighted by Gasteiger charge is -2.31. The number of rotatable bonds is 8. The van der Waals surface area contributed by atoms with Gasteiger partial charge < -0.3 is 19.3 Å². The van der Waals surface area contributed by atoms with Gasteiger partial charge in [-0.25, -0.2) is 0 Å². The minimum Gasteiger partial charge on any atom is -0.461 e. The van der Waals surface area contributed by atoms with Crippen molar-refractivity contribution in [2.24, 2.45) is 9.98 Å². The van der Waals surface area contributed by atoms with Crippen molar-refractivity contribution in [1.82, 2.24) is 5.32 Å². The number of nitrogens with zero attached hydrogens (tertiary/aromatic N) is 2. The van der Waals surface area contributed by atoms with Gasteiger partial charge in [0, 0.05) is 0 Å². The van der Waals surface area contributed by atoms with E-state index in [1.165, 1.54) is 6.08 Å². The molecule has 0 spiro atoms. The predicted molar refractivity (Wildman–Crippen MR) is 76.3 cm³/mol. The molecule has 2 N–H and O–H groups in total. The van der Waals surface area contributed by atoms with Crippen LogP contribution in [0.15, 0.2) is 47.9 Å². The minimum atomic E-state index is -1.41. The van der Waals surface area contributed by atoms with Crippen LogP contribution in [0.3, 0.4) is 0 Å². The second kappa shape index (κ2) is 8.13. The van der Waals surface area contributed by atoms with Crippen LogP contribution in [0.25, 0.3) is 0 Å². The number of aliphatic imine (C=N–C) groups is 2. The zero-order valence-corrected chi connectivity index (χ0v) is 11.2. The Hall–Kier alpha value is -2.12. The summed E-state index contributed by atoms with van der Waals surface area (Å²) in [5.74, 6) is -1.41. The molecule has 0 saturated carbocycles. The smallest absolute Gasteiger partial charge is 0.321 e. The van der Waals surface area contributed by atoms with Gasteiger partial charge in [0.05, 0.1) is 6.61 Å². The number of nitrogens with one attached hydrogen (secondary N) is 1. The fraction of sp³-hybridized carbons (Fsp3) is 0.385. The van der Waals surface area contributed by atoms with Gasteiger partial charge in [0.2, 0.25) is 0 Å². The van der Waals surface area contributed by atoms with E-state index in [0.717, 1.165) is 0 Å². The Morgan fingerprint density at radius 2 is 1.75 bits per heavy atom. The Morgan fingerprint density at radius 1 is 1.10 bits per heavy atom. The fourth-order valence-corrected chi connectivity index (χ4v) is 1.28. The second-order valence-corrected chi connectivity index (χ2v) is 3.68. The van der Waals surface area contributed by atoms with E-state index >= 15 is 0 Å². The molecule has 1 unspecified atom stereocenters. The molecule has 0 saturated heterocycles. The minimum absolute atomic E-state index is 0.0285. The maximum atomic E-state index is 9.52. The van der Waals surface area contributed by atoms with Crippen LogP contribution in [0.5, 0.6) is 0 Å². The molecule has 0 aliphatic carbocycles. The SMILES string of the molecule is C=CCOC1=NC(CO)(OCC=C)NC(OCC=C)=N1. The lowest BCUT2D eigenvalue weighted by molar-refractivity contribution is -0.0793. The monoisotopic (exact) mass is 281 g/mol. The first-order valence-corrected chi connectivity index (χ1v) is 5.99. The Labute approximate surface area is 118 Å². The van der Waals surface area contributed by atoms with E-state index in [1.54, 1.807) is 12.2 Å². The van der Waals surface area contributed by atoms with Crippen molar-refractivity contribution in [1.29, 1.82) is 0 Å². The zero-order valence-electron chi connectivity index (χ0n) is 11.2. The van der Waals surface area contributed by atoms with Crippen LogP contribution in [0, 0.1) is 0 Å². The van der Waals surface area contributed by atoms with E-state index in [-0.39, 0.29) is 31.9 Å². The molecule has 0 amide bonds. The summed E-state index contributed by atoms with van der Waals surface area (Å²) in [6, 6.07) is 0.151. The molecule has 110 valence electrons. The number of hydrogen-bond acceptors (Lipinski definition) is 7. The van der Waals surface area contributed by atoms with E-state index in [9.17, 15) is 5.11 Å². The highest BCUT2D eigenvalue weighted by atomic mass is 16.6. The third kappa shape index (κ3) is 4.52. The molecular weight excluding hydrogens is 262 g/mol. The molecular formula is C13H19N3O4. The van der Waals surface area contributed by atoms with Crippen LogP contribution >= 0.6 is 0 Å². The van der Waals surface area contributed by atoms with E-state index < -0.39 is 12.5 Å². The summed E-state index contributed by atoms with van der Waals surface area (Å²) in [5.41, 5.74) is 0. The Balaban J connectivity index is 2.91. The normalized spacial score (nSPS) is 21.1. The first kappa shape index (κ1) is 15.9. The van der Waals surface area contributed by atoms with Gasteiger partial charge in [-0.15, -0.1) is 11.6 Å². The molecule has 0 bridgehead atoms. The van der Waals surface area contributed by atoms with Crippen LogP contribution in [-0.2, 0) is 14.2 Å². The molecule has 1 aliphatic heterocycles. The lowest BCUT2D eigenvalue weighted by atomic mass is 10.4. The summed E-state index contributed by atoms with van der Waals surface area (Å²) in [5, 5.41) is 12.3. The highest BCUT2D eigenvalue weighted by Crippen LogP contribution is 2.14. The molecule has 7 heteroatoms. The van der Waals surface area contributed by atoms with Crippen LogP contribution in [-0.4, -0.2) is 49.4 Å². The number of aliphatic hydroxyl groups excluding tert-OH is 1. The van der Waals surface area contributed by atoms with Gasteiger partial charge in [0.25, 0.3) is 11.9 Å². The zero-order chi connectivity index (χ0) is 14.8. The highest BCUT2D eigenvalue weighted by Gasteiger charge is 2.36. The summed E-state index contributed by atoms with van der Waals surface area (Å²) in [7, 11) is 0. The van der Waals surface area contributed by atoms with Crippen molar-refractivity contribution in [2.75, 3.05) is 26.4 Å². The molecule has 0 aromatic carbocycles. The molecule has 7 nitrogen and oxygen atoms in total. The van der Waals surface area contributed by atoms with Gasteiger partial charge in [-0.05, 0) is 0 Å². The Morgan fingerprint density at radius 3 is 2.35 bits per heavy atom. The first-order chi connectivity index (χ1) is 9.69. The van der Waals surface area contributed by atoms with Gasteiger partial charge in [0.15, 0.2) is 0 Å². The Bertz CT molecular complexity index is 420. The molecule has 0 fully saturated rings. The number of ether oxygens (including phenoxy) is 3. The van der Waals surface area contributed by atoms with Crippen molar-refractivity contribution >= 4 is 12.0 Å². The molecule has 1 rings (SSSR count). The summed E-state index contributed by atoms with van der Waals surface area (Å²) in [6.07, 6.45) is 4.65. The van der Waals surface area contributed by atoms with Crippen LogP contribution < -0.4 is 5.32 Å². The summed E-state index contributed by atoms with van der Waals surface area (Å²) < 4.78 is 16.0. The second-order valence-electron chi connectivity index (χ2n) is 3.68. The molecule has 0 aromatic heterocycles. The predicted octanol–water partition coefficient (Wildman–Crippen LogP) is 0.555. The Kier molecular flexibility index (Phi) is 6.48. The van der Waals surface area contributed by atoms with E-state index in [4.69, 9.17) is 14.2 Å². The van der Waals surface area contributed by atoms with Crippen molar-refractivity contribution in [3.05, 3.63) is 38.0 Å². The van der Waals surface area contributed by atoms with Crippen molar-refractivity contribution in [2.45, 2.75) is 5.85 Å². The largest absolute Gasteiger partial charge is 0.461 e. The summed E-state index contributed by atoms with van der Waals surface area (Å²) in [6.45, 7) is 10.8. The van der Waals surface area contributed by atoms with Gasteiger partial charge in [-0.2, -0.15) is 4.99 Å². The molecule has 1 atom stereocenters. The number of hydrogen-bond donors (Lipinski definition) is 2. The van der Waals surface area contributed by atoms with E-state index in [0.29, 0.717) is 0 Å². The quantitative estimate of drug-likeness (QED) is 0.635. The maximum absolute atomic E-state index is 9.52. The summed E-state index contributed by atoms with van der Waals surface area (Å²) >= 11 is 0. The molecule has 1 aliphatic rings. The van der Waals surface area contributed by atoms with Crippen molar-refractivity contribution in [3.63, 3.8) is 0 Å². The first-order valence-electron chi connectivity index (χ1n) is 5.99. The van der Waals surface area contributed by atoms with Crippen molar-refractivity contribution in [3.8, 4) is 0 Å². The molecule has 1 heterocycles.